The fourth-order valence-electron chi connectivity index (χ4n) is 1.70. The molecule has 0 aliphatic rings. The second-order valence-electron chi connectivity index (χ2n) is 4.33. The van der Waals surface area contributed by atoms with E-state index >= 15 is 0 Å². The molecule has 0 saturated carbocycles. The van der Waals surface area contributed by atoms with E-state index in [2.05, 4.69) is 11.7 Å². The molecule has 0 aromatic heterocycles. The molecule has 0 rings (SSSR count). The Bertz CT molecular complexity index is 169. The zero-order valence-corrected chi connectivity index (χ0v) is 10.7. The van der Waals surface area contributed by atoms with Crippen molar-refractivity contribution in [2.75, 3.05) is 7.11 Å². The molecule has 0 aliphatic carbocycles. The lowest BCUT2D eigenvalue weighted by molar-refractivity contribution is -0.140. The molecule has 96 valence electrons. The topological polar surface area (TPSA) is 46.5 Å². The van der Waals surface area contributed by atoms with Crippen LogP contribution in [0.3, 0.4) is 0 Å². The third-order valence-electron chi connectivity index (χ3n) is 2.79. The normalized spacial score (nSPS) is 12.4. The van der Waals surface area contributed by atoms with Crippen LogP contribution in [0.15, 0.2) is 0 Å². The minimum atomic E-state index is -0.186. The number of ether oxygens (including phenoxy) is 1. The quantitative estimate of drug-likeness (QED) is 0.463. The molecule has 0 aliphatic heterocycles. The molecule has 0 saturated heterocycles. The number of esters is 1. The summed E-state index contributed by atoms with van der Waals surface area (Å²) in [5.74, 6) is -0.155. The number of aliphatic hydroxyl groups excluding tert-OH is 1. The highest BCUT2D eigenvalue weighted by Crippen LogP contribution is 2.11. The van der Waals surface area contributed by atoms with Crippen LogP contribution in [0, 0.1) is 0 Å². The number of carbonyl (C=O) groups is 1. The largest absolute Gasteiger partial charge is 0.469 e. The molecule has 0 aromatic carbocycles. The molecular formula is C13H26O3. The summed E-state index contributed by atoms with van der Waals surface area (Å²) in [6.07, 6.45) is 8.55. The lowest BCUT2D eigenvalue weighted by atomic mass is 10.0. The summed E-state index contributed by atoms with van der Waals surface area (Å²) in [6.45, 7) is 2.18. The Labute approximate surface area is 99.2 Å². The van der Waals surface area contributed by atoms with Gasteiger partial charge in [0.05, 0.1) is 13.2 Å². The maximum Gasteiger partial charge on any atom is 0.305 e. The zero-order valence-electron chi connectivity index (χ0n) is 10.7. The van der Waals surface area contributed by atoms with Gasteiger partial charge in [-0.15, -0.1) is 0 Å². The molecule has 16 heavy (non-hydrogen) atoms. The summed E-state index contributed by atoms with van der Waals surface area (Å²) in [6, 6.07) is 0. The molecule has 0 radical (unpaired) electrons. The molecule has 0 aromatic rings. The van der Waals surface area contributed by atoms with Gasteiger partial charge < -0.3 is 9.84 Å². The van der Waals surface area contributed by atoms with E-state index in [1.165, 1.54) is 26.4 Å². The van der Waals surface area contributed by atoms with Gasteiger partial charge in [0.15, 0.2) is 0 Å². The lowest BCUT2D eigenvalue weighted by Gasteiger charge is -2.09. The van der Waals surface area contributed by atoms with Crippen LogP contribution in [0.2, 0.25) is 0 Å². The number of hydrogen-bond donors (Lipinski definition) is 1. The standard InChI is InChI=1S/C13H26O3/c1-3-4-5-6-9-12(14)10-7-8-11-13(15)16-2/h12,14H,3-11H2,1-2H3. The number of unbranched alkanes of at least 4 members (excludes halogenated alkanes) is 4. The molecule has 0 spiro atoms. The molecule has 3 nitrogen and oxygen atoms in total. The van der Waals surface area contributed by atoms with Crippen molar-refractivity contribution >= 4 is 5.97 Å². The Morgan fingerprint density at radius 1 is 1.12 bits per heavy atom. The summed E-state index contributed by atoms with van der Waals surface area (Å²) in [5, 5.41) is 9.65. The first-order valence-electron chi connectivity index (χ1n) is 6.45. The fourth-order valence-corrected chi connectivity index (χ4v) is 1.70. The third kappa shape index (κ3) is 9.97. The molecule has 1 atom stereocenters. The maximum atomic E-state index is 10.8. The smallest absolute Gasteiger partial charge is 0.305 e. The van der Waals surface area contributed by atoms with Crippen molar-refractivity contribution in [2.45, 2.75) is 70.8 Å². The van der Waals surface area contributed by atoms with Crippen molar-refractivity contribution in [1.82, 2.24) is 0 Å². The molecule has 0 fully saturated rings. The number of aliphatic hydroxyl groups is 1. The van der Waals surface area contributed by atoms with Gasteiger partial charge in [0.1, 0.15) is 0 Å². The average Bonchev–Trinajstić information content (AvgIpc) is 2.30. The summed E-state index contributed by atoms with van der Waals surface area (Å²) >= 11 is 0. The second kappa shape index (κ2) is 10.9. The molecule has 0 bridgehead atoms. The Morgan fingerprint density at radius 2 is 1.75 bits per heavy atom. The van der Waals surface area contributed by atoms with Gasteiger partial charge in [-0.3, -0.25) is 4.79 Å². The first-order chi connectivity index (χ1) is 7.70. The van der Waals surface area contributed by atoms with Gasteiger partial charge in [-0.25, -0.2) is 0 Å². The predicted octanol–water partition coefficient (Wildman–Crippen LogP) is 3.05. The fraction of sp³-hybridized carbons (Fsp3) is 0.923. The minimum absolute atomic E-state index is 0.155. The van der Waals surface area contributed by atoms with E-state index in [1.807, 2.05) is 0 Å². The third-order valence-corrected chi connectivity index (χ3v) is 2.79. The van der Waals surface area contributed by atoms with E-state index in [0.717, 1.165) is 32.1 Å². The van der Waals surface area contributed by atoms with Gasteiger partial charge in [0, 0.05) is 6.42 Å². The molecule has 1 N–H and O–H groups in total. The van der Waals surface area contributed by atoms with Crippen molar-refractivity contribution in [3.8, 4) is 0 Å². The summed E-state index contributed by atoms with van der Waals surface area (Å²) in [4.78, 5) is 10.8. The van der Waals surface area contributed by atoms with Crippen molar-refractivity contribution in [3.63, 3.8) is 0 Å². The van der Waals surface area contributed by atoms with Crippen LogP contribution in [0.1, 0.15) is 64.7 Å². The Morgan fingerprint density at radius 3 is 2.31 bits per heavy atom. The molecule has 0 amide bonds. The van der Waals surface area contributed by atoms with Crippen molar-refractivity contribution < 1.29 is 14.6 Å². The van der Waals surface area contributed by atoms with Crippen molar-refractivity contribution in [3.05, 3.63) is 0 Å². The summed E-state index contributed by atoms with van der Waals surface area (Å²) in [7, 11) is 1.41. The van der Waals surface area contributed by atoms with Crippen LogP contribution in [0.5, 0.6) is 0 Å². The monoisotopic (exact) mass is 230 g/mol. The van der Waals surface area contributed by atoms with E-state index < -0.39 is 0 Å². The van der Waals surface area contributed by atoms with E-state index in [1.54, 1.807) is 0 Å². The number of hydrogen-bond acceptors (Lipinski definition) is 3. The van der Waals surface area contributed by atoms with Gasteiger partial charge >= 0.3 is 5.97 Å². The Balaban J connectivity index is 3.23. The summed E-state index contributed by atoms with van der Waals surface area (Å²) in [5.41, 5.74) is 0. The Hall–Kier alpha value is -0.570. The van der Waals surface area contributed by atoms with Crippen LogP contribution in [0.25, 0.3) is 0 Å². The van der Waals surface area contributed by atoms with Crippen LogP contribution in [-0.2, 0) is 9.53 Å². The van der Waals surface area contributed by atoms with E-state index in [0.29, 0.717) is 6.42 Å². The average molecular weight is 230 g/mol. The van der Waals surface area contributed by atoms with Crippen LogP contribution >= 0.6 is 0 Å². The predicted molar refractivity (Wildman–Crippen MR) is 65.2 cm³/mol. The van der Waals surface area contributed by atoms with E-state index in [-0.39, 0.29) is 12.1 Å². The first kappa shape index (κ1) is 15.4. The van der Waals surface area contributed by atoms with E-state index in [9.17, 15) is 9.90 Å². The van der Waals surface area contributed by atoms with Gasteiger partial charge in [0.2, 0.25) is 0 Å². The highest BCUT2D eigenvalue weighted by atomic mass is 16.5. The Kier molecular flexibility index (Phi) is 10.5. The second-order valence-corrected chi connectivity index (χ2v) is 4.33. The maximum absolute atomic E-state index is 10.8. The minimum Gasteiger partial charge on any atom is -0.469 e. The number of rotatable bonds is 10. The van der Waals surface area contributed by atoms with Gasteiger partial charge in [-0.05, 0) is 19.3 Å². The first-order valence-corrected chi connectivity index (χ1v) is 6.45. The molecule has 1 unspecified atom stereocenters. The molecule has 0 heterocycles. The number of carbonyl (C=O) groups excluding carboxylic acids is 1. The highest BCUT2D eigenvalue weighted by Gasteiger charge is 2.05. The van der Waals surface area contributed by atoms with Crippen LogP contribution in [-0.4, -0.2) is 24.3 Å². The number of methoxy groups -OCH3 is 1. The van der Waals surface area contributed by atoms with Gasteiger partial charge in [0.25, 0.3) is 0 Å². The van der Waals surface area contributed by atoms with Crippen LogP contribution in [0.4, 0.5) is 0 Å². The zero-order chi connectivity index (χ0) is 12.2. The van der Waals surface area contributed by atoms with E-state index in [4.69, 9.17) is 0 Å². The summed E-state index contributed by atoms with van der Waals surface area (Å²) < 4.78 is 4.55. The SMILES string of the molecule is CCCCCCC(O)CCCCC(=O)OC. The van der Waals surface area contributed by atoms with Crippen molar-refractivity contribution in [2.24, 2.45) is 0 Å². The molecule has 3 heteroatoms. The molecular weight excluding hydrogens is 204 g/mol. The van der Waals surface area contributed by atoms with Gasteiger partial charge in [-0.2, -0.15) is 0 Å². The highest BCUT2D eigenvalue weighted by molar-refractivity contribution is 5.68. The van der Waals surface area contributed by atoms with Crippen LogP contribution < -0.4 is 0 Å². The van der Waals surface area contributed by atoms with Gasteiger partial charge in [-0.1, -0.05) is 39.0 Å². The van der Waals surface area contributed by atoms with Crippen molar-refractivity contribution in [1.29, 1.82) is 0 Å². The lowest BCUT2D eigenvalue weighted by Crippen LogP contribution is -2.07.